The second kappa shape index (κ2) is 15.8. The minimum absolute atomic E-state index is 0.0196. The van der Waals surface area contributed by atoms with Gasteiger partial charge in [-0.25, -0.2) is 19.6 Å². The van der Waals surface area contributed by atoms with Crippen LogP contribution in [0.4, 0.5) is 9.59 Å². The Balaban J connectivity index is 0.881. The first kappa shape index (κ1) is 35.6. The van der Waals surface area contributed by atoms with Crippen molar-refractivity contribution in [3.63, 3.8) is 0 Å². The molecule has 1 aromatic heterocycles. The molecule has 2 saturated heterocycles. The van der Waals surface area contributed by atoms with Crippen LogP contribution in [0.25, 0.3) is 22.0 Å². The van der Waals surface area contributed by atoms with Crippen LogP contribution in [-0.2, 0) is 27.4 Å². The molecule has 0 saturated carbocycles. The zero-order valence-corrected chi connectivity index (χ0v) is 30.5. The van der Waals surface area contributed by atoms with Crippen molar-refractivity contribution in [3.8, 4) is 11.1 Å². The van der Waals surface area contributed by atoms with Gasteiger partial charge in [0.05, 0.1) is 25.2 Å². The number of fused-ring (bicyclic) bond motifs is 5. The number of para-hydroxylation sites is 1. The molecule has 0 bridgehead atoms. The molecule has 52 heavy (non-hydrogen) atoms. The van der Waals surface area contributed by atoms with Crippen LogP contribution in [0.1, 0.15) is 54.8 Å². The molecule has 3 atom stereocenters. The molecule has 3 aliphatic rings. The summed E-state index contributed by atoms with van der Waals surface area (Å²) in [5.74, 6) is 0.739. The predicted octanol–water partition coefficient (Wildman–Crippen LogP) is 5.67. The molecule has 0 radical (unpaired) electrons. The SMILES string of the molecule is CN(Cc1cc2ccccc2n1CCC(=O)NCC(=O)CCCCC1SC[C@@H]2NC(=O)N[C@H]12)N(C)C(=O)OCC1c2ccccc2-c2ccccc21. The number of hydrazine groups is 1. The third-order valence-corrected chi connectivity index (χ3v) is 12.1. The molecule has 3 heterocycles. The zero-order chi connectivity index (χ0) is 36.2. The van der Waals surface area contributed by atoms with Crippen molar-refractivity contribution >= 4 is 46.5 Å². The molecule has 0 spiro atoms. The van der Waals surface area contributed by atoms with Gasteiger partial charge in [-0.2, -0.15) is 11.8 Å². The molecule has 3 aromatic carbocycles. The first-order valence-corrected chi connectivity index (χ1v) is 19.2. The summed E-state index contributed by atoms with van der Waals surface area (Å²) in [5.41, 5.74) is 6.64. The lowest BCUT2D eigenvalue weighted by molar-refractivity contribution is -0.125. The lowest BCUT2D eigenvalue weighted by Crippen LogP contribution is -2.41. The number of Topliss-reactive ketones (excluding diaryl/α,β-unsaturated/α-hetero) is 1. The normalized spacial score (nSPS) is 18.8. The number of ether oxygens (including phenoxy) is 1. The number of nitrogens with one attached hydrogen (secondary N) is 3. The van der Waals surface area contributed by atoms with Crippen LogP contribution in [0.15, 0.2) is 78.9 Å². The van der Waals surface area contributed by atoms with Gasteiger partial charge in [0.2, 0.25) is 5.91 Å². The minimum atomic E-state index is -0.443. The van der Waals surface area contributed by atoms with Crippen LogP contribution >= 0.6 is 11.8 Å². The Bertz CT molecular complexity index is 1920. The number of thioether (sulfide) groups is 1. The lowest BCUT2D eigenvalue weighted by atomic mass is 9.98. The Morgan fingerprint density at radius 2 is 1.63 bits per heavy atom. The van der Waals surface area contributed by atoms with E-state index in [4.69, 9.17) is 4.74 Å². The van der Waals surface area contributed by atoms with Crippen molar-refractivity contribution in [2.45, 2.75) is 68.4 Å². The fourth-order valence-electron chi connectivity index (χ4n) is 7.73. The molecular formula is C40H46N6O5S. The lowest BCUT2D eigenvalue weighted by Gasteiger charge is -2.28. The first-order valence-electron chi connectivity index (χ1n) is 18.1. The van der Waals surface area contributed by atoms with Crippen molar-refractivity contribution in [3.05, 3.63) is 95.7 Å². The maximum absolute atomic E-state index is 13.3. The topological polar surface area (TPSA) is 125 Å². The first-order chi connectivity index (χ1) is 25.3. The Kier molecular flexibility index (Phi) is 10.8. The third-order valence-electron chi connectivity index (χ3n) is 10.6. The second-order valence-electron chi connectivity index (χ2n) is 13.9. The molecule has 272 valence electrons. The van der Waals surface area contributed by atoms with E-state index < -0.39 is 6.09 Å². The molecule has 12 heteroatoms. The number of hydrogen-bond donors (Lipinski definition) is 3. The van der Waals surface area contributed by atoms with Gasteiger partial charge in [-0.15, -0.1) is 0 Å². The molecule has 4 aromatic rings. The van der Waals surface area contributed by atoms with Gasteiger partial charge in [0.15, 0.2) is 5.78 Å². The second-order valence-corrected chi connectivity index (χ2v) is 15.2. The fraction of sp³-hybridized carbons (Fsp3) is 0.400. The van der Waals surface area contributed by atoms with Gasteiger partial charge in [-0.1, -0.05) is 73.2 Å². The predicted molar refractivity (Wildman–Crippen MR) is 203 cm³/mol. The standard InChI is InChI=1S/C40H46N6O5S/c1-44(45(2)40(50)51-24-33-31-15-7-5-13-29(31)30-14-6-8-16-32(30)33)23-27-21-26-11-3-9-17-35(26)46(27)20-19-37(48)41-22-28(47)12-4-10-18-36-38-34(25-52-36)42-39(49)43-38/h3,5-9,11,13-17,21,33-34,36,38H,4,10,12,18-20,22-25H2,1-2H3,(H,41,48)(H2,42,43,49)/t34-,36?,38-/m0/s1. The van der Waals surface area contributed by atoms with Crippen LogP contribution in [0.3, 0.4) is 0 Å². The van der Waals surface area contributed by atoms with Gasteiger partial charge >= 0.3 is 12.1 Å². The number of nitrogens with zero attached hydrogens (tertiary/aromatic N) is 3. The zero-order valence-electron chi connectivity index (χ0n) is 29.7. The molecule has 2 aliphatic heterocycles. The molecule has 1 unspecified atom stereocenters. The Morgan fingerprint density at radius 1 is 0.923 bits per heavy atom. The van der Waals surface area contributed by atoms with Crippen LogP contribution in [0, 0.1) is 0 Å². The van der Waals surface area contributed by atoms with Crippen LogP contribution in [0.2, 0.25) is 0 Å². The highest BCUT2D eigenvalue weighted by Gasteiger charge is 2.42. The van der Waals surface area contributed by atoms with Crippen LogP contribution in [0.5, 0.6) is 0 Å². The Labute approximate surface area is 308 Å². The molecule has 2 fully saturated rings. The van der Waals surface area contributed by atoms with E-state index in [1.807, 2.05) is 72.3 Å². The number of hydrogen-bond acceptors (Lipinski definition) is 7. The van der Waals surface area contributed by atoms with Gasteiger partial charge in [0, 0.05) is 61.6 Å². The maximum atomic E-state index is 13.3. The van der Waals surface area contributed by atoms with Crippen LogP contribution in [-0.4, -0.2) is 88.7 Å². The molecular weight excluding hydrogens is 677 g/mol. The van der Waals surface area contributed by atoms with Crippen LogP contribution < -0.4 is 16.0 Å². The third kappa shape index (κ3) is 7.68. The monoisotopic (exact) mass is 722 g/mol. The van der Waals surface area contributed by atoms with E-state index in [-0.39, 0.29) is 55.3 Å². The quantitative estimate of drug-likeness (QED) is 0.0821. The molecule has 4 amide bonds. The summed E-state index contributed by atoms with van der Waals surface area (Å²) < 4.78 is 7.99. The van der Waals surface area contributed by atoms with Gasteiger partial charge < -0.3 is 25.3 Å². The number of amides is 4. The Morgan fingerprint density at radius 3 is 2.40 bits per heavy atom. The van der Waals surface area contributed by atoms with Crippen molar-refractivity contribution in [1.29, 1.82) is 0 Å². The average Bonchev–Trinajstić information content (AvgIpc) is 3.90. The Hall–Kier alpha value is -4.81. The summed E-state index contributed by atoms with van der Waals surface area (Å²) in [4.78, 5) is 50.4. The average molecular weight is 723 g/mol. The molecule has 3 N–H and O–H groups in total. The van der Waals surface area contributed by atoms with Crippen molar-refractivity contribution in [1.82, 2.24) is 30.5 Å². The van der Waals surface area contributed by atoms with E-state index in [1.54, 1.807) is 7.05 Å². The number of aryl methyl sites for hydroxylation is 1. The van der Waals surface area contributed by atoms with E-state index in [9.17, 15) is 19.2 Å². The highest BCUT2D eigenvalue weighted by Crippen LogP contribution is 2.44. The van der Waals surface area contributed by atoms with Crippen molar-refractivity contribution in [2.24, 2.45) is 0 Å². The van der Waals surface area contributed by atoms with E-state index in [2.05, 4.69) is 50.8 Å². The summed E-state index contributed by atoms with van der Waals surface area (Å²) >= 11 is 1.88. The fourth-order valence-corrected chi connectivity index (χ4v) is 9.27. The number of carbonyl (C=O) groups excluding carboxylic acids is 4. The highest BCUT2D eigenvalue weighted by molar-refractivity contribution is 8.00. The molecule has 1 aliphatic carbocycles. The van der Waals surface area contributed by atoms with Gasteiger partial charge in [0.25, 0.3) is 0 Å². The number of unbranched alkanes of at least 4 members (excludes halogenated alkanes) is 1. The summed E-state index contributed by atoms with van der Waals surface area (Å²) in [6.45, 7) is 1.11. The molecule has 11 nitrogen and oxygen atoms in total. The van der Waals surface area contributed by atoms with Gasteiger partial charge in [-0.3, -0.25) is 9.59 Å². The highest BCUT2D eigenvalue weighted by atomic mass is 32.2. The number of urea groups is 1. The van der Waals surface area contributed by atoms with Crippen molar-refractivity contribution < 1.29 is 23.9 Å². The largest absolute Gasteiger partial charge is 0.447 e. The van der Waals surface area contributed by atoms with E-state index in [0.717, 1.165) is 52.7 Å². The van der Waals surface area contributed by atoms with E-state index >= 15 is 0 Å². The number of carbonyl (C=O) groups is 4. The van der Waals surface area contributed by atoms with Crippen molar-refractivity contribution in [2.75, 3.05) is 33.0 Å². The number of aromatic nitrogens is 1. The van der Waals surface area contributed by atoms with E-state index in [1.165, 1.54) is 16.1 Å². The summed E-state index contributed by atoms with van der Waals surface area (Å²) in [7, 11) is 3.54. The summed E-state index contributed by atoms with van der Waals surface area (Å²) in [6, 6.07) is 26.9. The molecule has 7 rings (SSSR count). The number of benzene rings is 3. The smallest absolute Gasteiger partial charge is 0.424 e. The summed E-state index contributed by atoms with van der Waals surface area (Å²) in [6.07, 6.45) is 2.82. The maximum Gasteiger partial charge on any atom is 0.424 e. The minimum Gasteiger partial charge on any atom is -0.447 e. The summed E-state index contributed by atoms with van der Waals surface area (Å²) in [5, 5.41) is 13.5. The number of rotatable bonds is 15. The number of ketones is 1. The van der Waals surface area contributed by atoms with E-state index in [0.29, 0.717) is 24.8 Å². The van der Waals surface area contributed by atoms with Gasteiger partial charge in [-0.05, 0) is 52.6 Å². The van der Waals surface area contributed by atoms with Gasteiger partial charge in [0.1, 0.15) is 6.61 Å².